The number of hydrogen-bond donors (Lipinski definition) is 1. The Kier molecular flexibility index (Phi) is 3.55. The van der Waals surface area contributed by atoms with E-state index in [1.165, 1.54) is 22.9 Å². The minimum Gasteiger partial charge on any atom is -0.352 e. The van der Waals surface area contributed by atoms with Crippen molar-refractivity contribution in [1.82, 2.24) is 20.0 Å². The van der Waals surface area contributed by atoms with Crippen molar-refractivity contribution in [3.05, 3.63) is 46.0 Å². The summed E-state index contributed by atoms with van der Waals surface area (Å²) in [6.07, 6.45) is 4.27. The topological polar surface area (TPSA) is 90.0 Å². The van der Waals surface area contributed by atoms with Crippen LogP contribution in [0.15, 0.2) is 27.6 Å². The summed E-state index contributed by atoms with van der Waals surface area (Å²) in [5.74, 6) is 1.52. The number of carbonyl (C=O) groups excluding carboxylic acids is 1. The van der Waals surface area contributed by atoms with Crippen molar-refractivity contribution in [2.45, 2.75) is 25.2 Å². The zero-order chi connectivity index (χ0) is 14.8. The lowest BCUT2D eigenvalue weighted by Gasteiger charge is -2.04. The monoisotopic (exact) mass is 288 g/mol. The number of amides is 1. The molecule has 0 saturated heterocycles. The molecular weight excluding hydrogens is 272 g/mol. The first-order valence-electron chi connectivity index (χ1n) is 6.91. The van der Waals surface area contributed by atoms with Gasteiger partial charge in [0, 0.05) is 38.2 Å². The van der Waals surface area contributed by atoms with Gasteiger partial charge < -0.3 is 14.4 Å². The summed E-state index contributed by atoms with van der Waals surface area (Å²) < 4.78 is 6.52. The lowest BCUT2D eigenvalue weighted by Crippen LogP contribution is -2.27. The van der Waals surface area contributed by atoms with Crippen LogP contribution in [0.25, 0.3) is 0 Å². The lowest BCUT2D eigenvalue weighted by atomic mass is 10.2. The SMILES string of the molecule is Cn1cc(C(=O)NCCc2noc(C3CC3)n2)ccc1=O. The number of aromatic nitrogens is 3. The predicted molar refractivity (Wildman–Crippen MR) is 74.0 cm³/mol. The van der Waals surface area contributed by atoms with Crippen molar-refractivity contribution in [1.29, 1.82) is 0 Å². The summed E-state index contributed by atoms with van der Waals surface area (Å²) in [7, 11) is 1.61. The van der Waals surface area contributed by atoms with Crippen molar-refractivity contribution in [2.24, 2.45) is 7.05 Å². The number of pyridine rings is 1. The fourth-order valence-corrected chi connectivity index (χ4v) is 1.98. The predicted octanol–water partition coefficient (Wildman–Crippen LogP) is 0.618. The Balaban J connectivity index is 1.52. The maximum absolute atomic E-state index is 11.9. The Morgan fingerprint density at radius 3 is 3.00 bits per heavy atom. The van der Waals surface area contributed by atoms with E-state index in [1.54, 1.807) is 7.05 Å². The molecule has 1 amide bonds. The van der Waals surface area contributed by atoms with E-state index in [0.29, 0.717) is 36.2 Å². The number of hydrogen-bond acceptors (Lipinski definition) is 5. The Morgan fingerprint density at radius 1 is 1.48 bits per heavy atom. The number of aryl methyl sites for hydroxylation is 1. The molecule has 7 nitrogen and oxygen atoms in total. The second-order valence-electron chi connectivity index (χ2n) is 5.20. The van der Waals surface area contributed by atoms with E-state index in [4.69, 9.17) is 4.52 Å². The highest BCUT2D eigenvalue weighted by Gasteiger charge is 2.29. The number of nitrogens with zero attached hydrogens (tertiary/aromatic N) is 3. The summed E-state index contributed by atoms with van der Waals surface area (Å²) in [5.41, 5.74) is 0.301. The van der Waals surface area contributed by atoms with Crippen molar-refractivity contribution in [3.63, 3.8) is 0 Å². The largest absolute Gasteiger partial charge is 0.352 e. The molecule has 110 valence electrons. The molecule has 1 N–H and O–H groups in total. The van der Waals surface area contributed by atoms with Gasteiger partial charge >= 0.3 is 0 Å². The Labute approximate surface area is 121 Å². The number of carbonyl (C=O) groups is 1. The molecular formula is C14H16N4O3. The molecule has 0 aromatic carbocycles. The van der Waals surface area contributed by atoms with Gasteiger partial charge in [-0.25, -0.2) is 0 Å². The molecule has 2 heterocycles. The highest BCUT2D eigenvalue weighted by atomic mass is 16.5. The van der Waals surface area contributed by atoms with Crippen LogP contribution in [0.3, 0.4) is 0 Å². The van der Waals surface area contributed by atoms with E-state index in [0.717, 1.165) is 12.8 Å². The fraction of sp³-hybridized carbons (Fsp3) is 0.429. The summed E-state index contributed by atoms with van der Waals surface area (Å²) in [5, 5.41) is 6.66. The van der Waals surface area contributed by atoms with E-state index in [1.807, 2.05) is 0 Å². The Hall–Kier alpha value is -2.44. The van der Waals surface area contributed by atoms with Gasteiger partial charge in [-0.05, 0) is 18.9 Å². The van der Waals surface area contributed by atoms with E-state index in [2.05, 4.69) is 15.5 Å². The second kappa shape index (κ2) is 5.51. The maximum Gasteiger partial charge on any atom is 0.252 e. The van der Waals surface area contributed by atoms with Crippen LogP contribution in [0.5, 0.6) is 0 Å². The third kappa shape index (κ3) is 3.18. The van der Waals surface area contributed by atoms with Gasteiger partial charge in [0.25, 0.3) is 5.91 Å². The van der Waals surface area contributed by atoms with Gasteiger partial charge in [-0.3, -0.25) is 9.59 Å². The zero-order valence-electron chi connectivity index (χ0n) is 11.7. The Morgan fingerprint density at radius 2 is 2.29 bits per heavy atom. The van der Waals surface area contributed by atoms with Crippen LogP contribution in [0.2, 0.25) is 0 Å². The van der Waals surface area contributed by atoms with Crippen LogP contribution in [0, 0.1) is 0 Å². The Bertz CT molecular complexity index is 715. The van der Waals surface area contributed by atoms with Gasteiger partial charge in [0.05, 0.1) is 5.56 Å². The molecule has 2 aromatic heterocycles. The van der Waals surface area contributed by atoms with Gasteiger partial charge in [0.2, 0.25) is 11.4 Å². The average Bonchev–Trinajstić information content (AvgIpc) is 3.22. The third-order valence-corrected chi connectivity index (χ3v) is 3.39. The molecule has 2 aromatic rings. The summed E-state index contributed by atoms with van der Waals surface area (Å²) in [6, 6.07) is 2.88. The van der Waals surface area contributed by atoms with Crippen LogP contribution in [0.1, 0.15) is 40.8 Å². The van der Waals surface area contributed by atoms with E-state index in [9.17, 15) is 9.59 Å². The van der Waals surface area contributed by atoms with Crippen LogP contribution in [-0.2, 0) is 13.5 Å². The molecule has 7 heteroatoms. The first-order valence-corrected chi connectivity index (χ1v) is 6.91. The lowest BCUT2D eigenvalue weighted by molar-refractivity contribution is 0.0953. The molecule has 0 atom stereocenters. The molecule has 0 aliphatic heterocycles. The van der Waals surface area contributed by atoms with Gasteiger partial charge in [-0.1, -0.05) is 5.16 Å². The molecule has 0 spiro atoms. The van der Waals surface area contributed by atoms with Crippen molar-refractivity contribution < 1.29 is 9.32 Å². The molecule has 0 radical (unpaired) electrons. The molecule has 1 saturated carbocycles. The first-order chi connectivity index (χ1) is 10.1. The first kappa shape index (κ1) is 13.5. The number of nitrogens with one attached hydrogen (secondary N) is 1. The highest BCUT2D eigenvalue weighted by Crippen LogP contribution is 2.38. The third-order valence-electron chi connectivity index (χ3n) is 3.39. The molecule has 1 aliphatic carbocycles. The number of rotatable bonds is 5. The van der Waals surface area contributed by atoms with Crippen LogP contribution in [-0.4, -0.2) is 27.2 Å². The fourth-order valence-electron chi connectivity index (χ4n) is 1.98. The smallest absolute Gasteiger partial charge is 0.252 e. The average molecular weight is 288 g/mol. The molecule has 21 heavy (non-hydrogen) atoms. The molecule has 1 fully saturated rings. The van der Waals surface area contributed by atoms with Crippen molar-refractivity contribution in [2.75, 3.05) is 6.54 Å². The summed E-state index contributed by atoms with van der Waals surface area (Å²) in [4.78, 5) is 27.5. The molecule has 1 aliphatic rings. The second-order valence-corrected chi connectivity index (χ2v) is 5.20. The van der Waals surface area contributed by atoms with Crippen LogP contribution < -0.4 is 10.9 Å². The van der Waals surface area contributed by atoms with E-state index >= 15 is 0 Å². The van der Waals surface area contributed by atoms with Gasteiger partial charge in [-0.15, -0.1) is 0 Å². The molecule has 0 unspecified atom stereocenters. The minimum absolute atomic E-state index is 0.147. The van der Waals surface area contributed by atoms with Gasteiger partial charge in [0.1, 0.15) is 0 Å². The van der Waals surface area contributed by atoms with Gasteiger partial charge in [0.15, 0.2) is 5.82 Å². The van der Waals surface area contributed by atoms with E-state index in [-0.39, 0.29) is 11.5 Å². The zero-order valence-corrected chi connectivity index (χ0v) is 11.7. The standard InChI is InChI=1S/C14H16N4O3/c1-18-8-10(4-5-12(18)19)13(20)15-7-6-11-16-14(21-17-11)9-2-3-9/h4-5,8-9H,2-3,6-7H2,1H3,(H,15,20). The van der Waals surface area contributed by atoms with Crippen LogP contribution in [0.4, 0.5) is 0 Å². The summed E-state index contributed by atoms with van der Waals surface area (Å²) in [6.45, 7) is 0.422. The van der Waals surface area contributed by atoms with Crippen LogP contribution >= 0.6 is 0 Å². The summed E-state index contributed by atoms with van der Waals surface area (Å²) >= 11 is 0. The normalized spacial score (nSPS) is 14.1. The van der Waals surface area contributed by atoms with Crippen molar-refractivity contribution in [3.8, 4) is 0 Å². The molecule has 3 rings (SSSR count). The highest BCUT2D eigenvalue weighted by molar-refractivity contribution is 5.93. The minimum atomic E-state index is -0.225. The van der Waals surface area contributed by atoms with Crippen molar-refractivity contribution >= 4 is 5.91 Å². The molecule has 0 bridgehead atoms. The van der Waals surface area contributed by atoms with E-state index < -0.39 is 0 Å². The maximum atomic E-state index is 11.9. The van der Waals surface area contributed by atoms with Gasteiger partial charge in [-0.2, -0.15) is 4.98 Å². The quantitative estimate of drug-likeness (QED) is 0.871.